The number of aromatic nitrogens is 5. The van der Waals surface area contributed by atoms with Crippen molar-refractivity contribution in [1.29, 1.82) is 0 Å². The Labute approximate surface area is 279 Å². The molecule has 0 aliphatic rings. The second-order valence-electron chi connectivity index (χ2n) is 11.5. The lowest BCUT2D eigenvalue weighted by molar-refractivity contribution is 1.07. The first-order valence-electron chi connectivity index (χ1n) is 15.8. The second-order valence-corrected chi connectivity index (χ2v) is 11.5. The van der Waals surface area contributed by atoms with E-state index in [0.717, 1.165) is 38.9 Å². The lowest BCUT2D eigenvalue weighted by atomic mass is 9.94. The van der Waals surface area contributed by atoms with E-state index in [2.05, 4.69) is 125 Å². The molecule has 0 bridgehead atoms. The molecule has 5 aromatic carbocycles. The van der Waals surface area contributed by atoms with Crippen LogP contribution in [0.3, 0.4) is 0 Å². The molecule has 0 spiro atoms. The zero-order valence-electron chi connectivity index (χ0n) is 26.0. The fourth-order valence-electron chi connectivity index (χ4n) is 5.87. The average Bonchev–Trinajstić information content (AvgIpc) is 3.19. The van der Waals surface area contributed by atoms with Gasteiger partial charge in [0, 0.05) is 41.5 Å². The average molecular weight is 616 g/mol. The van der Waals surface area contributed by atoms with Crippen molar-refractivity contribution in [2.75, 3.05) is 0 Å². The highest BCUT2D eigenvalue weighted by atomic mass is 15.0. The van der Waals surface area contributed by atoms with Crippen LogP contribution in [0.25, 0.3) is 78.7 Å². The smallest absolute Gasteiger partial charge is 0.164 e. The van der Waals surface area contributed by atoms with Crippen molar-refractivity contribution < 1.29 is 0 Å². The third-order valence-electron chi connectivity index (χ3n) is 8.33. The Bertz CT molecular complexity index is 2280. The molecule has 226 valence electrons. The molecule has 0 saturated carbocycles. The number of nitrogens with zero attached hydrogens (tertiary/aromatic N) is 5. The number of hydrogen-bond acceptors (Lipinski definition) is 5. The van der Waals surface area contributed by atoms with Crippen LogP contribution in [0.5, 0.6) is 0 Å². The minimum Gasteiger partial charge on any atom is -0.265 e. The molecule has 48 heavy (non-hydrogen) atoms. The fraction of sp³-hybridized carbons (Fsp3) is 0. The zero-order chi connectivity index (χ0) is 32.1. The second kappa shape index (κ2) is 13.0. The summed E-state index contributed by atoms with van der Waals surface area (Å²) in [5.41, 5.74) is 12.0. The maximum atomic E-state index is 4.90. The molecule has 0 N–H and O–H groups in total. The predicted octanol–water partition coefficient (Wildman–Crippen LogP) is 10.3. The van der Waals surface area contributed by atoms with Crippen LogP contribution >= 0.6 is 0 Å². The first kappa shape index (κ1) is 28.9. The van der Waals surface area contributed by atoms with Crippen LogP contribution in [-0.4, -0.2) is 24.9 Å². The highest BCUT2D eigenvalue weighted by Crippen LogP contribution is 2.33. The van der Waals surface area contributed by atoms with Gasteiger partial charge in [-0.25, -0.2) is 15.0 Å². The van der Waals surface area contributed by atoms with Gasteiger partial charge in [-0.05, 0) is 93.0 Å². The molecule has 0 fully saturated rings. The van der Waals surface area contributed by atoms with Crippen LogP contribution in [0.15, 0.2) is 176 Å². The number of pyridine rings is 2. The number of hydrogen-bond donors (Lipinski definition) is 0. The molecular formula is C43H29N5. The summed E-state index contributed by atoms with van der Waals surface area (Å²) in [6.45, 7) is 0. The van der Waals surface area contributed by atoms with Crippen LogP contribution in [0.2, 0.25) is 0 Å². The van der Waals surface area contributed by atoms with Crippen LogP contribution in [-0.2, 0) is 0 Å². The largest absolute Gasteiger partial charge is 0.265 e. The lowest BCUT2D eigenvalue weighted by Gasteiger charge is -2.11. The molecule has 0 aliphatic carbocycles. The molecule has 3 heterocycles. The van der Waals surface area contributed by atoms with E-state index in [9.17, 15) is 0 Å². The van der Waals surface area contributed by atoms with E-state index in [-0.39, 0.29) is 0 Å². The SMILES string of the molecule is c1ccc(-c2cccc(-c3cccc(-c4cccc(-c5cccc(-c6nc(-c7ccncc7)nc(-c7ccncc7)n6)c5)c4)c3)c2)cc1. The maximum Gasteiger partial charge on any atom is 0.164 e. The molecule has 0 radical (unpaired) electrons. The van der Waals surface area contributed by atoms with Crippen LogP contribution in [0.1, 0.15) is 0 Å². The van der Waals surface area contributed by atoms with Crippen molar-refractivity contribution in [3.63, 3.8) is 0 Å². The van der Waals surface area contributed by atoms with Gasteiger partial charge in [0.2, 0.25) is 0 Å². The Morgan fingerprint density at radius 1 is 0.229 bits per heavy atom. The molecule has 0 saturated heterocycles. The summed E-state index contributed by atoms with van der Waals surface area (Å²) in [5.74, 6) is 1.79. The molecule has 5 heteroatoms. The van der Waals surface area contributed by atoms with Crippen LogP contribution < -0.4 is 0 Å². The van der Waals surface area contributed by atoms with Gasteiger partial charge in [0.25, 0.3) is 0 Å². The fourth-order valence-corrected chi connectivity index (χ4v) is 5.87. The third kappa shape index (κ3) is 6.13. The molecule has 5 nitrogen and oxygen atoms in total. The molecule has 8 aromatic rings. The summed E-state index contributed by atoms with van der Waals surface area (Å²) >= 11 is 0. The van der Waals surface area contributed by atoms with Crippen LogP contribution in [0, 0.1) is 0 Å². The van der Waals surface area contributed by atoms with Gasteiger partial charge in [-0.15, -0.1) is 0 Å². The summed E-state index contributed by atoms with van der Waals surface area (Å²) in [5, 5.41) is 0. The van der Waals surface area contributed by atoms with E-state index in [1.165, 1.54) is 22.3 Å². The van der Waals surface area contributed by atoms with E-state index in [1.807, 2.05) is 36.4 Å². The van der Waals surface area contributed by atoms with Gasteiger partial charge < -0.3 is 0 Å². The van der Waals surface area contributed by atoms with Gasteiger partial charge >= 0.3 is 0 Å². The highest BCUT2D eigenvalue weighted by molar-refractivity contribution is 5.80. The Morgan fingerprint density at radius 3 is 0.917 bits per heavy atom. The van der Waals surface area contributed by atoms with Gasteiger partial charge in [-0.1, -0.05) is 103 Å². The Kier molecular flexibility index (Phi) is 7.83. The van der Waals surface area contributed by atoms with Crippen molar-refractivity contribution in [3.05, 3.63) is 176 Å². The van der Waals surface area contributed by atoms with E-state index in [0.29, 0.717) is 17.5 Å². The van der Waals surface area contributed by atoms with E-state index in [4.69, 9.17) is 15.0 Å². The highest BCUT2D eigenvalue weighted by Gasteiger charge is 2.13. The lowest BCUT2D eigenvalue weighted by Crippen LogP contribution is -2.00. The van der Waals surface area contributed by atoms with Crippen molar-refractivity contribution in [2.45, 2.75) is 0 Å². The van der Waals surface area contributed by atoms with Crippen molar-refractivity contribution in [1.82, 2.24) is 24.9 Å². The zero-order valence-corrected chi connectivity index (χ0v) is 26.0. The van der Waals surface area contributed by atoms with Gasteiger partial charge in [0.05, 0.1) is 0 Å². The van der Waals surface area contributed by atoms with E-state index >= 15 is 0 Å². The summed E-state index contributed by atoms with van der Waals surface area (Å²) in [6.07, 6.45) is 6.98. The van der Waals surface area contributed by atoms with E-state index < -0.39 is 0 Å². The summed E-state index contributed by atoms with van der Waals surface area (Å²) in [6, 6.07) is 52.7. The molecule has 3 aromatic heterocycles. The number of benzene rings is 5. The standard InChI is InChI=1S/C43H29N5/c1-2-8-30(9-3-1)33-10-4-11-34(26-33)35-12-5-13-36(27-35)37-14-6-15-38(28-37)39-16-7-17-40(29-39)43-47-41(31-18-22-44-23-19-31)46-42(48-43)32-20-24-45-25-21-32/h1-29H. The van der Waals surface area contributed by atoms with Crippen LogP contribution in [0.4, 0.5) is 0 Å². The van der Waals surface area contributed by atoms with Crippen molar-refractivity contribution in [2.24, 2.45) is 0 Å². The minimum absolute atomic E-state index is 0.593. The first-order valence-corrected chi connectivity index (χ1v) is 15.8. The Balaban J connectivity index is 1.14. The molecule has 0 aliphatic heterocycles. The van der Waals surface area contributed by atoms with Gasteiger partial charge in [-0.3, -0.25) is 9.97 Å². The molecule has 0 atom stereocenters. The summed E-state index contributed by atoms with van der Waals surface area (Å²) in [4.78, 5) is 22.9. The monoisotopic (exact) mass is 615 g/mol. The Morgan fingerprint density at radius 2 is 0.521 bits per heavy atom. The minimum atomic E-state index is 0.593. The van der Waals surface area contributed by atoms with Crippen molar-refractivity contribution in [3.8, 4) is 78.7 Å². The topological polar surface area (TPSA) is 64.5 Å². The van der Waals surface area contributed by atoms with Crippen molar-refractivity contribution >= 4 is 0 Å². The third-order valence-corrected chi connectivity index (χ3v) is 8.33. The molecule has 0 amide bonds. The number of rotatable bonds is 7. The normalized spacial score (nSPS) is 10.9. The van der Waals surface area contributed by atoms with Gasteiger partial charge in [-0.2, -0.15) is 0 Å². The summed E-state index contributed by atoms with van der Waals surface area (Å²) < 4.78 is 0. The maximum absolute atomic E-state index is 4.90. The molecular weight excluding hydrogens is 587 g/mol. The van der Waals surface area contributed by atoms with Gasteiger partial charge in [0.1, 0.15) is 0 Å². The predicted molar refractivity (Wildman–Crippen MR) is 193 cm³/mol. The molecule has 8 rings (SSSR count). The first-order chi connectivity index (χ1) is 23.8. The molecule has 0 unspecified atom stereocenters. The van der Waals surface area contributed by atoms with E-state index in [1.54, 1.807) is 24.8 Å². The summed E-state index contributed by atoms with van der Waals surface area (Å²) in [7, 11) is 0. The Hall–Kier alpha value is -6.59. The quantitative estimate of drug-likeness (QED) is 0.178. The van der Waals surface area contributed by atoms with Gasteiger partial charge in [0.15, 0.2) is 17.5 Å².